The lowest BCUT2D eigenvalue weighted by molar-refractivity contribution is -0.140. The molecule has 0 radical (unpaired) electrons. The summed E-state index contributed by atoms with van der Waals surface area (Å²) in [5, 5.41) is 3.43. The molecule has 224 valence electrons. The van der Waals surface area contributed by atoms with E-state index in [0.29, 0.717) is 22.1 Å². The van der Waals surface area contributed by atoms with Gasteiger partial charge in [0.05, 0.1) is 11.4 Å². The van der Waals surface area contributed by atoms with Gasteiger partial charge in [-0.05, 0) is 57.0 Å². The van der Waals surface area contributed by atoms with Gasteiger partial charge in [0.25, 0.3) is 0 Å². The van der Waals surface area contributed by atoms with Gasteiger partial charge in [-0.1, -0.05) is 60.1 Å². The second-order valence-electron chi connectivity index (χ2n) is 11.0. The second-order valence-corrected chi connectivity index (χ2v) is 13.6. The highest BCUT2D eigenvalue weighted by atomic mass is 35.5. The van der Waals surface area contributed by atoms with E-state index in [9.17, 15) is 18.0 Å². The van der Waals surface area contributed by atoms with Gasteiger partial charge in [0.1, 0.15) is 12.6 Å². The van der Waals surface area contributed by atoms with Crippen molar-refractivity contribution < 1.29 is 27.5 Å². The molecule has 0 aromatic heterocycles. The van der Waals surface area contributed by atoms with Gasteiger partial charge < -0.3 is 19.7 Å². The number of fused-ring (bicyclic) bond motifs is 1. The van der Waals surface area contributed by atoms with E-state index in [0.717, 1.165) is 9.87 Å². The zero-order valence-corrected chi connectivity index (χ0v) is 25.7. The van der Waals surface area contributed by atoms with Crippen molar-refractivity contribution in [2.75, 3.05) is 23.4 Å². The Kier molecular flexibility index (Phi) is 9.68. The van der Waals surface area contributed by atoms with Crippen molar-refractivity contribution in [2.45, 2.75) is 52.2 Å². The van der Waals surface area contributed by atoms with Crippen LogP contribution in [0.5, 0.6) is 11.5 Å². The van der Waals surface area contributed by atoms with Gasteiger partial charge in [-0.2, -0.15) is 0 Å². The highest BCUT2D eigenvalue weighted by Crippen LogP contribution is 2.36. The predicted molar refractivity (Wildman–Crippen MR) is 163 cm³/mol. The maximum Gasteiger partial charge on any atom is 0.244 e. The Morgan fingerprint density at radius 1 is 0.976 bits per heavy atom. The van der Waals surface area contributed by atoms with Gasteiger partial charge in [-0.25, -0.2) is 8.42 Å². The first-order valence-corrected chi connectivity index (χ1v) is 15.7. The Labute approximate surface area is 252 Å². The number of sulfonamides is 1. The topological polar surface area (TPSA) is 105 Å². The standard InChI is InChI=1S/C31H36ClN3O6S/c1-5-42(38,39)35(24-15-16-27-28(18-24)41-21-40-27)20-29(36)34(19-23-13-9-10-14-25(23)32)26(30(37)33-31(2,3)4)17-22-11-7-6-8-12-22/h6-16,18,26H,5,17,19-21H2,1-4H3,(H,33,37). The minimum absolute atomic E-state index is 0.00524. The smallest absolute Gasteiger partial charge is 0.244 e. The van der Waals surface area contributed by atoms with E-state index in [4.69, 9.17) is 21.1 Å². The van der Waals surface area contributed by atoms with E-state index in [1.54, 1.807) is 36.4 Å². The molecule has 0 bridgehead atoms. The number of carbonyl (C=O) groups is 2. The predicted octanol–water partition coefficient (Wildman–Crippen LogP) is 4.78. The minimum Gasteiger partial charge on any atom is -0.454 e. The minimum atomic E-state index is -3.91. The van der Waals surface area contributed by atoms with Crippen molar-refractivity contribution in [1.29, 1.82) is 0 Å². The molecule has 9 nitrogen and oxygen atoms in total. The summed E-state index contributed by atoms with van der Waals surface area (Å²) in [6.07, 6.45) is 0.212. The third-order valence-electron chi connectivity index (χ3n) is 6.69. The van der Waals surface area contributed by atoms with Gasteiger partial charge in [0, 0.05) is 29.6 Å². The Morgan fingerprint density at radius 2 is 1.64 bits per heavy atom. The number of amides is 2. The first-order valence-electron chi connectivity index (χ1n) is 13.7. The first kappa shape index (κ1) is 31.2. The molecule has 42 heavy (non-hydrogen) atoms. The van der Waals surface area contributed by atoms with E-state index in [-0.39, 0.29) is 37.1 Å². The number of hydrogen-bond acceptors (Lipinski definition) is 6. The molecule has 1 heterocycles. The maximum absolute atomic E-state index is 14.3. The van der Waals surface area contributed by atoms with E-state index < -0.39 is 34.1 Å². The van der Waals surface area contributed by atoms with E-state index >= 15 is 0 Å². The summed E-state index contributed by atoms with van der Waals surface area (Å²) in [6.45, 7) is 6.58. The van der Waals surface area contributed by atoms with Crippen LogP contribution in [0.4, 0.5) is 5.69 Å². The van der Waals surface area contributed by atoms with Crippen molar-refractivity contribution in [3.8, 4) is 11.5 Å². The van der Waals surface area contributed by atoms with Crippen molar-refractivity contribution >= 4 is 39.1 Å². The number of anilines is 1. The molecule has 0 spiro atoms. The molecule has 4 rings (SSSR count). The zero-order valence-electron chi connectivity index (χ0n) is 24.2. The lowest BCUT2D eigenvalue weighted by Gasteiger charge is -2.35. The van der Waals surface area contributed by atoms with Crippen LogP contribution in [0.2, 0.25) is 5.02 Å². The SMILES string of the molecule is CCS(=O)(=O)N(CC(=O)N(Cc1ccccc1Cl)C(Cc1ccccc1)C(=O)NC(C)(C)C)c1ccc2c(c1)OCO2. The van der Waals surface area contributed by atoms with Crippen LogP contribution >= 0.6 is 11.6 Å². The summed E-state index contributed by atoms with van der Waals surface area (Å²) in [5.41, 5.74) is 1.15. The van der Waals surface area contributed by atoms with Crippen molar-refractivity contribution in [1.82, 2.24) is 10.2 Å². The summed E-state index contributed by atoms with van der Waals surface area (Å²) in [5.74, 6) is -0.289. The molecular weight excluding hydrogens is 578 g/mol. The summed E-state index contributed by atoms with van der Waals surface area (Å²) in [6, 6.07) is 20.2. The molecule has 0 aliphatic carbocycles. The van der Waals surface area contributed by atoms with Crippen molar-refractivity contribution in [3.05, 3.63) is 88.9 Å². The van der Waals surface area contributed by atoms with E-state index in [1.807, 2.05) is 51.1 Å². The first-order chi connectivity index (χ1) is 19.9. The van der Waals surface area contributed by atoms with Crippen molar-refractivity contribution in [3.63, 3.8) is 0 Å². The van der Waals surface area contributed by atoms with Crippen LogP contribution in [0.15, 0.2) is 72.8 Å². The molecule has 0 saturated carbocycles. The van der Waals surface area contributed by atoms with Crippen LogP contribution < -0.4 is 19.1 Å². The quantitative estimate of drug-likeness (QED) is 0.334. The van der Waals surface area contributed by atoms with Crippen LogP contribution in [0.25, 0.3) is 0 Å². The molecule has 1 unspecified atom stereocenters. The summed E-state index contributed by atoms with van der Waals surface area (Å²) in [7, 11) is -3.91. The highest BCUT2D eigenvalue weighted by molar-refractivity contribution is 7.92. The molecule has 3 aromatic carbocycles. The molecule has 1 atom stereocenters. The summed E-state index contributed by atoms with van der Waals surface area (Å²) in [4.78, 5) is 29.5. The number of benzene rings is 3. The van der Waals surface area contributed by atoms with E-state index in [1.165, 1.54) is 17.9 Å². The Bertz CT molecular complexity index is 1530. The fourth-order valence-electron chi connectivity index (χ4n) is 4.58. The molecular formula is C31H36ClN3O6S. The van der Waals surface area contributed by atoms with Crippen LogP contribution in [0.3, 0.4) is 0 Å². The summed E-state index contributed by atoms with van der Waals surface area (Å²) >= 11 is 6.50. The number of nitrogens with zero attached hydrogens (tertiary/aromatic N) is 2. The van der Waals surface area contributed by atoms with Gasteiger partial charge in [0.15, 0.2) is 11.5 Å². The number of carbonyl (C=O) groups excluding carboxylic acids is 2. The Balaban J connectivity index is 1.77. The average Bonchev–Trinajstić information content (AvgIpc) is 3.42. The monoisotopic (exact) mass is 613 g/mol. The third-order valence-corrected chi connectivity index (χ3v) is 8.80. The lowest BCUT2D eigenvalue weighted by atomic mass is 10.0. The number of ether oxygens (including phenoxy) is 2. The van der Waals surface area contributed by atoms with Gasteiger partial charge in [0.2, 0.25) is 28.6 Å². The largest absolute Gasteiger partial charge is 0.454 e. The maximum atomic E-state index is 14.3. The number of hydrogen-bond donors (Lipinski definition) is 1. The van der Waals surface area contributed by atoms with Gasteiger partial charge in [-0.3, -0.25) is 13.9 Å². The molecule has 1 aliphatic rings. The molecule has 11 heteroatoms. The second kappa shape index (κ2) is 13.0. The normalized spacial score (nSPS) is 13.4. The fourth-order valence-corrected chi connectivity index (χ4v) is 5.83. The molecule has 1 aliphatic heterocycles. The van der Waals surface area contributed by atoms with Gasteiger partial charge >= 0.3 is 0 Å². The molecule has 2 amide bonds. The van der Waals surface area contributed by atoms with Crippen LogP contribution in [0, 0.1) is 0 Å². The van der Waals surface area contributed by atoms with Crippen LogP contribution in [-0.4, -0.2) is 55.8 Å². The average molecular weight is 614 g/mol. The van der Waals surface area contributed by atoms with Crippen LogP contribution in [-0.2, 0) is 32.6 Å². The van der Waals surface area contributed by atoms with Gasteiger partial charge in [-0.15, -0.1) is 0 Å². The van der Waals surface area contributed by atoms with E-state index in [2.05, 4.69) is 5.32 Å². The van der Waals surface area contributed by atoms with Crippen molar-refractivity contribution in [2.24, 2.45) is 0 Å². The fraction of sp³-hybridized carbons (Fsp3) is 0.355. The number of halogens is 1. The number of nitrogens with one attached hydrogen (secondary N) is 1. The highest BCUT2D eigenvalue weighted by Gasteiger charge is 2.35. The molecule has 3 aromatic rings. The third kappa shape index (κ3) is 7.74. The van der Waals surface area contributed by atoms with Crippen LogP contribution in [0.1, 0.15) is 38.8 Å². The number of rotatable bonds is 11. The molecule has 0 saturated heterocycles. The Morgan fingerprint density at radius 3 is 2.31 bits per heavy atom. The zero-order chi connectivity index (χ0) is 30.5. The molecule has 1 N–H and O–H groups in total. The Hall–Kier alpha value is -3.76. The lowest BCUT2D eigenvalue weighted by Crippen LogP contribution is -2.56. The summed E-state index contributed by atoms with van der Waals surface area (Å²) < 4.78 is 38.6. The molecule has 0 fully saturated rings.